The molecule has 0 aliphatic heterocycles. The number of amides is 1. The molecule has 2 N–H and O–H groups in total. The van der Waals surface area contributed by atoms with Gasteiger partial charge in [-0.25, -0.2) is 4.79 Å². The van der Waals surface area contributed by atoms with Crippen molar-refractivity contribution in [2.24, 2.45) is 0 Å². The third-order valence-corrected chi connectivity index (χ3v) is 2.56. The van der Waals surface area contributed by atoms with Crippen LogP contribution in [0.1, 0.15) is 18.1 Å². The van der Waals surface area contributed by atoms with E-state index < -0.39 is 12.1 Å². The number of methoxy groups -OCH3 is 1. The van der Waals surface area contributed by atoms with Gasteiger partial charge in [0.1, 0.15) is 6.10 Å². The number of hydrogen-bond donors (Lipinski definition) is 2. The molecule has 0 fully saturated rings. The molecular weight excluding hydrogens is 246 g/mol. The van der Waals surface area contributed by atoms with Gasteiger partial charge in [0.15, 0.2) is 0 Å². The van der Waals surface area contributed by atoms with E-state index in [9.17, 15) is 9.59 Å². The first kappa shape index (κ1) is 14.9. The average Bonchev–Trinajstić information content (AvgIpc) is 2.42. The fourth-order valence-corrected chi connectivity index (χ4v) is 1.41. The Bertz CT molecular complexity index is 482. The van der Waals surface area contributed by atoms with E-state index in [2.05, 4.69) is 5.32 Å². The van der Waals surface area contributed by atoms with Gasteiger partial charge in [0.2, 0.25) is 5.91 Å². The number of carbonyl (C=O) groups excluding carboxylic acids is 1. The van der Waals surface area contributed by atoms with Crippen LogP contribution in [0.15, 0.2) is 30.3 Å². The van der Waals surface area contributed by atoms with Crippen LogP contribution < -0.4 is 5.32 Å². The molecule has 5 nitrogen and oxygen atoms in total. The Hall–Kier alpha value is -2.14. The lowest BCUT2D eigenvalue weighted by Crippen LogP contribution is -2.33. The number of carbonyl (C=O) groups is 2. The monoisotopic (exact) mass is 263 g/mol. The van der Waals surface area contributed by atoms with Crippen molar-refractivity contribution < 1.29 is 19.4 Å². The Morgan fingerprint density at radius 3 is 2.84 bits per heavy atom. The zero-order valence-corrected chi connectivity index (χ0v) is 10.9. The molecule has 0 aromatic heterocycles. The molecule has 1 unspecified atom stereocenters. The molecule has 0 saturated carbocycles. The maximum Gasteiger partial charge on any atom is 0.328 e. The fourth-order valence-electron chi connectivity index (χ4n) is 1.41. The van der Waals surface area contributed by atoms with Crippen molar-refractivity contribution >= 4 is 18.0 Å². The normalized spacial score (nSPS) is 12.3. The Labute approximate surface area is 111 Å². The Kier molecular flexibility index (Phi) is 5.75. The van der Waals surface area contributed by atoms with Gasteiger partial charge in [0.25, 0.3) is 0 Å². The molecule has 0 heterocycles. The lowest BCUT2D eigenvalue weighted by Gasteiger charge is -2.10. The highest BCUT2D eigenvalue weighted by molar-refractivity contribution is 5.85. The Balaban J connectivity index is 2.62. The number of aliphatic carboxylic acids is 1. The Morgan fingerprint density at radius 1 is 1.47 bits per heavy atom. The first-order chi connectivity index (χ1) is 9.02. The van der Waals surface area contributed by atoms with Crippen molar-refractivity contribution in [3.63, 3.8) is 0 Å². The van der Waals surface area contributed by atoms with Gasteiger partial charge in [-0.2, -0.15) is 0 Å². The van der Waals surface area contributed by atoms with E-state index in [1.54, 1.807) is 13.0 Å². The third kappa shape index (κ3) is 5.35. The van der Waals surface area contributed by atoms with Crippen molar-refractivity contribution in [3.8, 4) is 0 Å². The quantitative estimate of drug-likeness (QED) is 0.761. The second-order valence-corrected chi connectivity index (χ2v) is 4.01. The van der Waals surface area contributed by atoms with Crippen LogP contribution in [-0.4, -0.2) is 30.2 Å². The highest BCUT2D eigenvalue weighted by Crippen LogP contribution is 2.07. The molecule has 19 heavy (non-hydrogen) atoms. The van der Waals surface area contributed by atoms with Crippen molar-refractivity contribution in [1.29, 1.82) is 0 Å². The molecule has 0 aliphatic carbocycles. The van der Waals surface area contributed by atoms with Crippen molar-refractivity contribution in [3.05, 3.63) is 41.5 Å². The molecule has 0 saturated heterocycles. The number of hydrogen-bond acceptors (Lipinski definition) is 3. The summed E-state index contributed by atoms with van der Waals surface area (Å²) >= 11 is 0. The summed E-state index contributed by atoms with van der Waals surface area (Å²) < 4.78 is 4.90. The van der Waals surface area contributed by atoms with Gasteiger partial charge in [0.05, 0.1) is 0 Å². The van der Waals surface area contributed by atoms with Gasteiger partial charge >= 0.3 is 5.97 Å². The predicted octanol–water partition coefficient (Wildman–Crippen LogP) is 1.44. The summed E-state index contributed by atoms with van der Waals surface area (Å²) in [5, 5.41) is 11.3. The van der Waals surface area contributed by atoms with Crippen LogP contribution in [0.2, 0.25) is 0 Å². The van der Waals surface area contributed by atoms with E-state index in [-0.39, 0.29) is 5.91 Å². The first-order valence-electron chi connectivity index (χ1n) is 5.83. The largest absolute Gasteiger partial charge is 0.478 e. The maximum atomic E-state index is 11.5. The van der Waals surface area contributed by atoms with Gasteiger partial charge in [-0.1, -0.05) is 18.2 Å². The molecule has 1 amide bonds. The van der Waals surface area contributed by atoms with Gasteiger partial charge in [0, 0.05) is 19.7 Å². The molecule has 102 valence electrons. The molecule has 1 aromatic rings. The van der Waals surface area contributed by atoms with Crippen molar-refractivity contribution in [2.45, 2.75) is 19.6 Å². The number of ether oxygens (including phenoxy) is 1. The SMILES string of the molecule is COC(C)C(=O)NCc1cccc(/C=C/C(=O)O)c1. The molecule has 1 aromatic carbocycles. The van der Waals surface area contributed by atoms with E-state index in [4.69, 9.17) is 9.84 Å². The summed E-state index contributed by atoms with van der Waals surface area (Å²) in [6.07, 6.45) is 2.09. The number of nitrogens with one attached hydrogen (secondary N) is 1. The summed E-state index contributed by atoms with van der Waals surface area (Å²) in [4.78, 5) is 21.9. The summed E-state index contributed by atoms with van der Waals surface area (Å²) in [5.74, 6) is -1.18. The number of carboxylic acids is 1. The van der Waals surface area contributed by atoms with E-state index in [0.29, 0.717) is 6.54 Å². The van der Waals surface area contributed by atoms with Gasteiger partial charge < -0.3 is 15.2 Å². The molecule has 0 radical (unpaired) electrons. The van der Waals surface area contributed by atoms with Crippen LogP contribution in [-0.2, 0) is 20.9 Å². The van der Waals surface area contributed by atoms with Crippen LogP contribution in [0.4, 0.5) is 0 Å². The second kappa shape index (κ2) is 7.33. The molecular formula is C14H17NO4. The predicted molar refractivity (Wildman–Crippen MR) is 71.4 cm³/mol. The van der Waals surface area contributed by atoms with E-state index in [0.717, 1.165) is 17.2 Å². The Morgan fingerprint density at radius 2 is 2.21 bits per heavy atom. The first-order valence-corrected chi connectivity index (χ1v) is 5.83. The number of benzene rings is 1. The smallest absolute Gasteiger partial charge is 0.328 e. The molecule has 5 heteroatoms. The van der Waals surface area contributed by atoms with E-state index in [1.807, 2.05) is 18.2 Å². The topological polar surface area (TPSA) is 75.6 Å². The maximum absolute atomic E-state index is 11.5. The summed E-state index contributed by atoms with van der Waals surface area (Å²) in [6.45, 7) is 2.04. The highest BCUT2D eigenvalue weighted by Gasteiger charge is 2.10. The van der Waals surface area contributed by atoms with Crippen LogP contribution in [0.25, 0.3) is 6.08 Å². The van der Waals surface area contributed by atoms with Crippen LogP contribution in [0.3, 0.4) is 0 Å². The third-order valence-electron chi connectivity index (χ3n) is 2.56. The minimum atomic E-state index is -0.993. The van der Waals surface area contributed by atoms with Crippen molar-refractivity contribution in [1.82, 2.24) is 5.32 Å². The minimum absolute atomic E-state index is 0.186. The van der Waals surface area contributed by atoms with E-state index in [1.165, 1.54) is 13.2 Å². The summed E-state index contributed by atoms with van der Waals surface area (Å²) in [6, 6.07) is 7.28. The second-order valence-electron chi connectivity index (χ2n) is 4.01. The fraction of sp³-hybridized carbons (Fsp3) is 0.286. The minimum Gasteiger partial charge on any atom is -0.478 e. The van der Waals surface area contributed by atoms with Gasteiger partial charge in [-0.05, 0) is 30.2 Å². The van der Waals surface area contributed by atoms with Gasteiger partial charge in [-0.15, -0.1) is 0 Å². The molecule has 1 atom stereocenters. The van der Waals surface area contributed by atoms with E-state index >= 15 is 0 Å². The van der Waals surface area contributed by atoms with Gasteiger partial charge in [-0.3, -0.25) is 4.79 Å². The summed E-state index contributed by atoms with van der Waals surface area (Å²) in [5.41, 5.74) is 1.66. The average molecular weight is 263 g/mol. The molecule has 0 spiro atoms. The highest BCUT2D eigenvalue weighted by atomic mass is 16.5. The molecule has 0 aliphatic rings. The zero-order valence-electron chi connectivity index (χ0n) is 10.9. The zero-order chi connectivity index (χ0) is 14.3. The number of rotatable bonds is 6. The molecule has 0 bridgehead atoms. The lowest BCUT2D eigenvalue weighted by molar-refractivity contribution is -0.131. The standard InChI is InChI=1S/C14H17NO4/c1-10(19-2)14(18)15-9-12-5-3-4-11(8-12)6-7-13(16)17/h3-8,10H,9H2,1-2H3,(H,15,18)(H,16,17)/b7-6+. The van der Waals surface area contributed by atoms with Crippen LogP contribution >= 0.6 is 0 Å². The number of carboxylic acid groups (broad SMARTS) is 1. The van der Waals surface area contributed by atoms with Crippen LogP contribution in [0, 0.1) is 0 Å². The molecule has 1 rings (SSSR count). The lowest BCUT2D eigenvalue weighted by atomic mass is 10.1. The van der Waals surface area contributed by atoms with Crippen molar-refractivity contribution in [2.75, 3.05) is 7.11 Å². The summed E-state index contributed by atoms with van der Waals surface area (Å²) in [7, 11) is 1.47. The van der Waals surface area contributed by atoms with Crippen LogP contribution in [0.5, 0.6) is 0 Å².